The summed E-state index contributed by atoms with van der Waals surface area (Å²) in [6, 6.07) is -0.223. The van der Waals surface area contributed by atoms with Crippen LogP contribution in [-0.4, -0.2) is 69.1 Å². The molecule has 0 unspecified atom stereocenters. The van der Waals surface area contributed by atoms with Crippen LogP contribution in [0, 0.1) is 0 Å². The van der Waals surface area contributed by atoms with Gasteiger partial charge < -0.3 is 30.2 Å². The van der Waals surface area contributed by atoms with Crippen LogP contribution in [-0.2, 0) is 23.8 Å². The van der Waals surface area contributed by atoms with E-state index in [1.54, 1.807) is 0 Å². The van der Waals surface area contributed by atoms with Crippen molar-refractivity contribution in [2.45, 2.75) is 63.1 Å². The van der Waals surface area contributed by atoms with E-state index in [9.17, 15) is 14.4 Å². The summed E-state index contributed by atoms with van der Waals surface area (Å²) < 4.78 is 15.9. The number of carbonyl (C=O) groups is 3. The number of carbonyl (C=O) groups excluding carboxylic acids is 3. The van der Waals surface area contributed by atoms with Gasteiger partial charge >= 0.3 is 6.09 Å². The molecule has 2 fully saturated rings. The van der Waals surface area contributed by atoms with Gasteiger partial charge in [0.1, 0.15) is 6.61 Å². The van der Waals surface area contributed by atoms with Crippen LogP contribution >= 0.6 is 0 Å². The molecule has 0 aromatic carbocycles. The molecule has 0 bridgehead atoms. The molecule has 2 aliphatic heterocycles. The Morgan fingerprint density at radius 3 is 2.90 bits per heavy atom. The first-order valence-electron chi connectivity index (χ1n) is 10.4. The van der Waals surface area contributed by atoms with Crippen LogP contribution in [0.25, 0.3) is 0 Å². The van der Waals surface area contributed by atoms with Crippen LogP contribution < -0.4 is 16.0 Å². The van der Waals surface area contributed by atoms with Crippen molar-refractivity contribution >= 4 is 17.9 Å². The lowest BCUT2D eigenvalue weighted by atomic mass is 10.0. The molecule has 2 heterocycles. The van der Waals surface area contributed by atoms with Crippen molar-refractivity contribution in [3.05, 3.63) is 12.7 Å². The first-order valence-corrected chi connectivity index (χ1v) is 10.4. The van der Waals surface area contributed by atoms with Gasteiger partial charge in [0, 0.05) is 38.8 Å². The number of nitrogens with one attached hydrogen (secondary N) is 3. The number of hydrogen-bond donors (Lipinski definition) is 3. The second-order valence-corrected chi connectivity index (χ2v) is 7.38. The van der Waals surface area contributed by atoms with Gasteiger partial charge in [0.15, 0.2) is 0 Å². The van der Waals surface area contributed by atoms with E-state index in [0.29, 0.717) is 39.2 Å². The standard InChI is InChI=1S/C20H33N3O6/c1-2-3-8-27-9-5-4-6-18(24)22-15-7-10-28-17(11-15)13-21-19(25)12-16-14-29-20(26)23-16/h2,15-17H,1,3-14H2,(H,21,25)(H,22,24)(H,23,26)/t15-,16+,17-/m1/s1. The highest BCUT2D eigenvalue weighted by Gasteiger charge is 2.26. The third-order valence-electron chi connectivity index (χ3n) is 4.84. The normalized spacial score (nSPS) is 23.7. The van der Waals surface area contributed by atoms with E-state index in [-0.39, 0.29) is 43.0 Å². The SMILES string of the molecule is C=CCCOCCCCC(=O)N[C@@H]1CCO[C@@H](CNC(=O)C[C@H]2COC(=O)N2)C1. The van der Waals surface area contributed by atoms with Crippen molar-refractivity contribution in [3.8, 4) is 0 Å². The van der Waals surface area contributed by atoms with Gasteiger partial charge in [0.25, 0.3) is 0 Å². The zero-order valence-electron chi connectivity index (χ0n) is 17.0. The number of cyclic esters (lactones) is 1. The van der Waals surface area contributed by atoms with Crippen LogP contribution in [0.5, 0.6) is 0 Å². The van der Waals surface area contributed by atoms with Crippen molar-refractivity contribution in [2.24, 2.45) is 0 Å². The third kappa shape index (κ3) is 9.76. The molecule has 3 amide bonds. The first-order chi connectivity index (χ1) is 14.1. The Labute approximate surface area is 171 Å². The van der Waals surface area contributed by atoms with Crippen molar-refractivity contribution in [1.82, 2.24) is 16.0 Å². The summed E-state index contributed by atoms with van der Waals surface area (Å²) in [6.07, 6.45) is 5.80. The molecular formula is C20H33N3O6. The van der Waals surface area contributed by atoms with Gasteiger partial charge in [-0.05, 0) is 32.1 Å². The summed E-state index contributed by atoms with van der Waals surface area (Å²) in [6.45, 7) is 6.13. The summed E-state index contributed by atoms with van der Waals surface area (Å²) in [5.74, 6) is -0.117. The number of rotatable bonds is 13. The van der Waals surface area contributed by atoms with Gasteiger partial charge in [-0.25, -0.2) is 4.79 Å². The summed E-state index contributed by atoms with van der Waals surface area (Å²) in [7, 11) is 0. The minimum absolute atomic E-state index is 0.0442. The van der Waals surface area contributed by atoms with Gasteiger partial charge in [0.2, 0.25) is 11.8 Å². The highest BCUT2D eigenvalue weighted by atomic mass is 16.6. The van der Waals surface area contributed by atoms with E-state index in [0.717, 1.165) is 25.7 Å². The molecule has 2 aliphatic rings. The fourth-order valence-electron chi connectivity index (χ4n) is 3.27. The van der Waals surface area contributed by atoms with E-state index in [1.165, 1.54) is 0 Å². The molecule has 0 aromatic heterocycles. The molecule has 29 heavy (non-hydrogen) atoms. The van der Waals surface area contributed by atoms with Gasteiger partial charge in [-0.2, -0.15) is 0 Å². The third-order valence-corrected chi connectivity index (χ3v) is 4.84. The monoisotopic (exact) mass is 411 g/mol. The zero-order chi connectivity index (χ0) is 20.9. The second-order valence-electron chi connectivity index (χ2n) is 7.38. The molecule has 0 aliphatic carbocycles. The molecule has 0 aromatic rings. The molecule has 0 radical (unpaired) electrons. The Morgan fingerprint density at radius 1 is 1.28 bits per heavy atom. The summed E-state index contributed by atoms with van der Waals surface area (Å²) in [5.41, 5.74) is 0. The summed E-state index contributed by atoms with van der Waals surface area (Å²) >= 11 is 0. The quantitative estimate of drug-likeness (QED) is 0.308. The maximum Gasteiger partial charge on any atom is 0.407 e. The lowest BCUT2D eigenvalue weighted by Gasteiger charge is -2.30. The lowest BCUT2D eigenvalue weighted by molar-refractivity contribution is -0.124. The second kappa shape index (κ2) is 13.2. The van der Waals surface area contributed by atoms with Gasteiger partial charge in [-0.1, -0.05) is 6.08 Å². The Bertz CT molecular complexity index is 556. The van der Waals surface area contributed by atoms with Crippen molar-refractivity contribution in [3.63, 3.8) is 0 Å². The van der Waals surface area contributed by atoms with Crippen molar-refractivity contribution < 1.29 is 28.6 Å². The number of ether oxygens (including phenoxy) is 3. The van der Waals surface area contributed by atoms with E-state index in [1.807, 2.05) is 6.08 Å². The Kier molecular flexibility index (Phi) is 10.5. The average Bonchev–Trinajstić information content (AvgIpc) is 3.10. The fraction of sp³-hybridized carbons (Fsp3) is 0.750. The van der Waals surface area contributed by atoms with E-state index < -0.39 is 6.09 Å². The molecule has 3 N–H and O–H groups in total. The molecular weight excluding hydrogens is 378 g/mol. The minimum Gasteiger partial charge on any atom is -0.447 e. The molecule has 164 valence electrons. The van der Waals surface area contributed by atoms with Crippen molar-refractivity contribution in [1.29, 1.82) is 0 Å². The molecule has 2 rings (SSSR count). The smallest absolute Gasteiger partial charge is 0.407 e. The van der Waals surface area contributed by atoms with E-state index >= 15 is 0 Å². The molecule has 2 saturated heterocycles. The maximum absolute atomic E-state index is 12.1. The molecule has 9 heteroatoms. The van der Waals surface area contributed by atoms with Crippen LogP contribution in [0.2, 0.25) is 0 Å². The minimum atomic E-state index is -0.489. The molecule has 0 saturated carbocycles. The highest BCUT2D eigenvalue weighted by molar-refractivity contribution is 5.78. The van der Waals surface area contributed by atoms with Crippen molar-refractivity contribution in [2.75, 3.05) is 33.0 Å². The van der Waals surface area contributed by atoms with Crippen LogP contribution in [0.15, 0.2) is 12.7 Å². The number of unbranched alkanes of at least 4 members (excludes halogenated alkanes) is 1. The zero-order valence-corrected chi connectivity index (χ0v) is 17.0. The fourth-order valence-corrected chi connectivity index (χ4v) is 3.27. The number of hydrogen-bond acceptors (Lipinski definition) is 6. The lowest BCUT2D eigenvalue weighted by Crippen LogP contribution is -2.46. The topological polar surface area (TPSA) is 115 Å². The molecule has 9 nitrogen and oxygen atoms in total. The average molecular weight is 411 g/mol. The maximum atomic E-state index is 12.1. The number of amides is 3. The Hall–Kier alpha value is -2.13. The van der Waals surface area contributed by atoms with Gasteiger partial charge in [-0.3, -0.25) is 9.59 Å². The predicted molar refractivity (Wildman–Crippen MR) is 106 cm³/mol. The molecule has 0 spiro atoms. The highest BCUT2D eigenvalue weighted by Crippen LogP contribution is 2.14. The van der Waals surface area contributed by atoms with Crippen LogP contribution in [0.4, 0.5) is 4.79 Å². The Balaban J connectivity index is 1.54. The van der Waals surface area contributed by atoms with Gasteiger partial charge in [0.05, 0.1) is 18.6 Å². The predicted octanol–water partition coefficient (Wildman–Crippen LogP) is 1.03. The van der Waals surface area contributed by atoms with Gasteiger partial charge in [-0.15, -0.1) is 6.58 Å². The van der Waals surface area contributed by atoms with Crippen LogP contribution in [0.3, 0.4) is 0 Å². The first kappa shape index (κ1) is 23.2. The summed E-state index contributed by atoms with van der Waals surface area (Å²) in [5, 5.41) is 8.46. The van der Waals surface area contributed by atoms with Crippen LogP contribution in [0.1, 0.15) is 44.9 Å². The van der Waals surface area contributed by atoms with E-state index in [2.05, 4.69) is 22.5 Å². The summed E-state index contributed by atoms with van der Waals surface area (Å²) in [4.78, 5) is 35.1. The Morgan fingerprint density at radius 2 is 2.14 bits per heavy atom. The molecule has 3 atom stereocenters. The number of alkyl carbamates (subject to hydrolysis) is 1. The largest absolute Gasteiger partial charge is 0.447 e. The van der Waals surface area contributed by atoms with E-state index in [4.69, 9.17) is 14.2 Å².